The molecule has 1 saturated heterocycles. The van der Waals surface area contributed by atoms with Gasteiger partial charge in [-0.1, -0.05) is 24.3 Å². The first kappa shape index (κ1) is 16.5. The first-order chi connectivity index (χ1) is 11.7. The van der Waals surface area contributed by atoms with Crippen molar-refractivity contribution in [2.24, 2.45) is 0 Å². The van der Waals surface area contributed by atoms with E-state index in [-0.39, 0.29) is 5.91 Å². The molecule has 0 spiro atoms. The summed E-state index contributed by atoms with van der Waals surface area (Å²) in [7, 11) is 1.78. The Bertz CT molecular complexity index is 708. The summed E-state index contributed by atoms with van der Waals surface area (Å²) in [5.41, 5.74) is 2.64. The fourth-order valence-electron chi connectivity index (χ4n) is 3.04. The molecule has 0 radical (unpaired) electrons. The van der Waals surface area contributed by atoms with E-state index in [9.17, 15) is 4.79 Å². The average Bonchev–Trinajstić information content (AvgIpc) is 3.16. The van der Waals surface area contributed by atoms with Crippen LogP contribution in [0.25, 0.3) is 0 Å². The third kappa shape index (κ3) is 3.44. The Labute approximate surface area is 143 Å². The molecule has 0 N–H and O–H groups in total. The van der Waals surface area contributed by atoms with Crippen LogP contribution in [0.15, 0.2) is 48.5 Å². The second-order valence-electron chi connectivity index (χ2n) is 5.95. The van der Waals surface area contributed by atoms with E-state index in [1.165, 1.54) is 5.56 Å². The highest BCUT2D eigenvalue weighted by Gasteiger charge is 2.21. The number of benzene rings is 2. The van der Waals surface area contributed by atoms with Gasteiger partial charge in [-0.25, -0.2) is 0 Å². The van der Waals surface area contributed by atoms with Gasteiger partial charge in [0.25, 0.3) is 5.91 Å². The van der Waals surface area contributed by atoms with E-state index in [4.69, 9.17) is 9.47 Å². The van der Waals surface area contributed by atoms with Crippen molar-refractivity contribution in [3.63, 3.8) is 0 Å². The highest BCUT2D eigenvalue weighted by atomic mass is 16.5. The Balaban J connectivity index is 1.84. The van der Waals surface area contributed by atoms with Gasteiger partial charge in [0, 0.05) is 25.1 Å². The molecule has 1 heterocycles. The zero-order valence-corrected chi connectivity index (χ0v) is 14.2. The monoisotopic (exact) mass is 325 g/mol. The number of carbonyl (C=O) groups is 1. The zero-order valence-electron chi connectivity index (χ0n) is 14.2. The van der Waals surface area contributed by atoms with Crippen LogP contribution in [0.1, 0.15) is 35.2 Å². The topological polar surface area (TPSA) is 38.8 Å². The molecule has 2 aromatic carbocycles. The van der Waals surface area contributed by atoms with Crippen LogP contribution in [0.4, 0.5) is 5.69 Å². The quantitative estimate of drug-likeness (QED) is 0.838. The van der Waals surface area contributed by atoms with Crippen LogP contribution in [-0.4, -0.2) is 32.8 Å². The predicted octanol–water partition coefficient (Wildman–Crippen LogP) is 3.87. The van der Waals surface area contributed by atoms with Crippen LogP contribution in [0.5, 0.6) is 5.75 Å². The fourth-order valence-corrected chi connectivity index (χ4v) is 3.04. The van der Waals surface area contributed by atoms with Gasteiger partial charge >= 0.3 is 0 Å². The maximum Gasteiger partial charge on any atom is 0.258 e. The van der Waals surface area contributed by atoms with Gasteiger partial charge in [0.1, 0.15) is 5.75 Å². The number of anilines is 1. The number of rotatable bonds is 5. The Kier molecular flexibility index (Phi) is 5.16. The van der Waals surface area contributed by atoms with Crippen molar-refractivity contribution in [1.29, 1.82) is 0 Å². The lowest BCUT2D eigenvalue weighted by Gasteiger charge is -2.21. The second-order valence-corrected chi connectivity index (χ2v) is 5.95. The van der Waals surface area contributed by atoms with Gasteiger partial charge in [-0.2, -0.15) is 0 Å². The van der Waals surface area contributed by atoms with E-state index in [0.29, 0.717) is 18.1 Å². The molecule has 0 unspecified atom stereocenters. The van der Waals surface area contributed by atoms with Crippen LogP contribution in [0.2, 0.25) is 0 Å². The molecule has 2 aromatic rings. The van der Waals surface area contributed by atoms with E-state index in [1.54, 1.807) is 11.9 Å². The molecule has 3 rings (SSSR count). The first-order valence-electron chi connectivity index (χ1n) is 8.38. The number of carbonyl (C=O) groups excluding carboxylic acids is 1. The number of ether oxygens (including phenoxy) is 2. The molecule has 1 atom stereocenters. The molecule has 126 valence electrons. The minimum Gasteiger partial charge on any atom is -0.492 e. The molecule has 1 amide bonds. The van der Waals surface area contributed by atoms with E-state index in [0.717, 1.165) is 31.1 Å². The summed E-state index contributed by atoms with van der Waals surface area (Å²) in [6.45, 7) is 4.03. The lowest BCUT2D eigenvalue weighted by atomic mass is 9.96. The molecule has 0 saturated carbocycles. The van der Waals surface area contributed by atoms with Crippen molar-refractivity contribution in [2.45, 2.75) is 19.3 Å². The van der Waals surface area contributed by atoms with Crippen LogP contribution < -0.4 is 9.64 Å². The Morgan fingerprint density at radius 1 is 1.25 bits per heavy atom. The molecule has 4 nitrogen and oxygen atoms in total. The fraction of sp³-hybridized carbons (Fsp3) is 0.350. The van der Waals surface area contributed by atoms with Gasteiger partial charge < -0.3 is 14.4 Å². The van der Waals surface area contributed by atoms with Crippen molar-refractivity contribution >= 4 is 11.6 Å². The largest absolute Gasteiger partial charge is 0.492 e. The van der Waals surface area contributed by atoms with Crippen LogP contribution >= 0.6 is 0 Å². The molecular weight excluding hydrogens is 302 g/mol. The number of nitrogens with zero attached hydrogens (tertiary/aromatic N) is 1. The van der Waals surface area contributed by atoms with Crippen molar-refractivity contribution in [3.05, 3.63) is 59.7 Å². The highest BCUT2D eigenvalue weighted by molar-refractivity contribution is 6.06. The Hall–Kier alpha value is -2.33. The van der Waals surface area contributed by atoms with Crippen LogP contribution in [0, 0.1) is 0 Å². The molecule has 24 heavy (non-hydrogen) atoms. The SMILES string of the molecule is CCOc1ccccc1N(C)C(=O)c1cccc([C@H]2CCOC2)c1. The molecule has 0 aromatic heterocycles. The summed E-state index contributed by atoms with van der Waals surface area (Å²) in [4.78, 5) is 14.6. The lowest BCUT2D eigenvalue weighted by Crippen LogP contribution is -2.27. The number of hydrogen-bond donors (Lipinski definition) is 0. The van der Waals surface area contributed by atoms with E-state index in [2.05, 4.69) is 6.07 Å². The first-order valence-corrected chi connectivity index (χ1v) is 8.38. The normalized spacial score (nSPS) is 16.8. The highest BCUT2D eigenvalue weighted by Crippen LogP contribution is 2.29. The van der Waals surface area contributed by atoms with E-state index < -0.39 is 0 Å². The van der Waals surface area contributed by atoms with Crippen molar-refractivity contribution in [1.82, 2.24) is 0 Å². The maximum atomic E-state index is 12.9. The predicted molar refractivity (Wildman–Crippen MR) is 95.0 cm³/mol. The summed E-state index contributed by atoms with van der Waals surface area (Å²) >= 11 is 0. The van der Waals surface area contributed by atoms with Gasteiger partial charge in [0.15, 0.2) is 0 Å². The Morgan fingerprint density at radius 2 is 2.08 bits per heavy atom. The third-order valence-corrected chi connectivity index (χ3v) is 4.37. The average molecular weight is 325 g/mol. The van der Waals surface area contributed by atoms with Gasteiger partial charge in [-0.05, 0) is 43.2 Å². The van der Waals surface area contributed by atoms with Crippen molar-refractivity contribution < 1.29 is 14.3 Å². The molecule has 1 aliphatic rings. The zero-order chi connectivity index (χ0) is 16.9. The molecule has 1 aliphatic heterocycles. The number of amides is 1. The summed E-state index contributed by atoms with van der Waals surface area (Å²) in [6, 6.07) is 15.5. The summed E-state index contributed by atoms with van der Waals surface area (Å²) in [5.74, 6) is 1.07. The number of para-hydroxylation sites is 2. The summed E-state index contributed by atoms with van der Waals surface area (Å²) in [5, 5.41) is 0. The lowest BCUT2D eigenvalue weighted by molar-refractivity contribution is 0.0992. The number of hydrogen-bond acceptors (Lipinski definition) is 3. The maximum absolute atomic E-state index is 12.9. The molecule has 0 bridgehead atoms. The van der Waals surface area contributed by atoms with Gasteiger partial charge in [-0.15, -0.1) is 0 Å². The Morgan fingerprint density at radius 3 is 2.83 bits per heavy atom. The van der Waals surface area contributed by atoms with Crippen LogP contribution in [0.3, 0.4) is 0 Å². The minimum absolute atomic E-state index is 0.0390. The van der Waals surface area contributed by atoms with Gasteiger partial charge in [0.05, 0.1) is 18.9 Å². The van der Waals surface area contributed by atoms with E-state index in [1.807, 2.05) is 49.4 Å². The van der Waals surface area contributed by atoms with Crippen LogP contribution in [-0.2, 0) is 4.74 Å². The molecule has 4 heteroatoms. The molecular formula is C20H23NO3. The smallest absolute Gasteiger partial charge is 0.258 e. The van der Waals surface area contributed by atoms with Crippen molar-refractivity contribution in [3.8, 4) is 5.75 Å². The van der Waals surface area contributed by atoms with Gasteiger partial charge in [-0.3, -0.25) is 4.79 Å². The van der Waals surface area contributed by atoms with Gasteiger partial charge in [0.2, 0.25) is 0 Å². The third-order valence-electron chi connectivity index (χ3n) is 4.37. The standard InChI is InChI=1S/C20H23NO3/c1-3-24-19-10-5-4-9-18(19)21(2)20(22)16-8-6-7-15(13-16)17-11-12-23-14-17/h4-10,13,17H,3,11-12,14H2,1-2H3/t17-/m0/s1. The summed E-state index contributed by atoms with van der Waals surface area (Å²) in [6.07, 6.45) is 1.01. The minimum atomic E-state index is -0.0390. The van der Waals surface area contributed by atoms with Crippen molar-refractivity contribution in [2.75, 3.05) is 31.8 Å². The molecule has 1 fully saturated rings. The molecule has 0 aliphatic carbocycles. The summed E-state index contributed by atoms with van der Waals surface area (Å²) < 4.78 is 11.1. The van der Waals surface area contributed by atoms with E-state index >= 15 is 0 Å². The second kappa shape index (κ2) is 7.49.